The normalized spacial score (nSPS) is 25.4. The molecule has 1 aliphatic heterocycles. The number of likely N-dealkylation sites (tertiary alicyclic amines) is 1. The third kappa shape index (κ3) is 2.88. The molecule has 0 aromatic carbocycles. The minimum atomic E-state index is 0. The monoisotopic (exact) mass is 262 g/mol. The van der Waals surface area contributed by atoms with Crippen molar-refractivity contribution >= 4 is 23.7 Å². The van der Waals surface area contributed by atoms with Crippen molar-refractivity contribution in [3.05, 3.63) is 16.3 Å². The number of hydrogen-bond donors (Lipinski definition) is 1. The highest BCUT2D eigenvalue weighted by Gasteiger charge is 2.27. The first-order valence-electron chi connectivity index (χ1n) is 5.29. The fourth-order valence-electron chi connectivity index (χ4n) is 2.05. The minimum Gasteiger partial charge on any atom is -0.496 e. The summed E-state index contributed by atoms with van der Waals surface area (Å²) in [6, 6.07) is 2.36. The predicted octanol–water partition coefficient (Wildman–Crippen LogP) is 1.96. The molecule has 2 N–H and O–H groups in total. The van der Waals surface area contributed by atoms with E-state index in [9.17, 15) is 0 Å². The van der Waals surface area contributed by atoms with Gasteiger partial charge in [0.05, 0.1) is 12.0 Å². The Morgan fingerprint density at radius 3 is 2.88 bits per heavy atom. The number of halogens is 1. The van der Waals surface area contributed by atoms with Gasteiger partial charge in [-0.05, 0) is 17.4 Å². The van der Waals surface area contributed by atoms with Gasteiger partial charge in [-0.1, -0.05) is 6.92 Å². The molecule has 0 radical (unpaired) electrons. The van der Waals surface area contributed by atoms with Gasteiger partial charge in [-0.2, -0.15) is 0 Å². The van der Waals surface area contributed by atoms with Gasteiger partial charge in [0.1, 0.15) is 5.75 Å². The van der Waals surface area contributed by atoms with Crippen LogP contribution < -0.4 is 10.5 Å². The third-order valence-electron chi connectivity index (χ3n) is 3.04. The molecule has 1 aromatic rings. The molecule has 0 amide bonds. The van der Waals surface area contributed by atoms with E-state index in [4.69, 9.17) is 10.5 Å². The van der Waals surface area contributed by atoms with Crippen molar-refractivity contribution < 1.29 is 4.74 Å². The van der Waals surface area contributed by atoms with Crippen LogP contribution in [0.3, 0.4) is 0 Å². The number of hydrogen-bond acceptors (Lipinski definition) is 4. The zero-order chi connectivity index (χ0) is 10.8. The molecule has 0 saturated carbocycles. The second-order valence-corrected chi connectivity index (χ2v) is 5.25. The lowest BCUT2D eigenvalue weighted by atomic mass is 10.1. The van der Waals surface area contributed by atoms with Crippen molar-refractivity contribution in [3.8, 4) is 5.75 Å². The molecule has 1 saturated heterocycles. The summed E-state index contributed by atoms with van der Waals surface area (Å²) in [5, 5.41) is 2.08. The van der Waals surface area contributed by atoms with E-state index in [-0.39, 0.29) is 12.4 Å². The summed E-state index contributed by atoms with van der Waals surface area (Å²) in [6.07, 6.45) is 0. The van der Waals surface area contributed by atoms with Gasteiger partial charge in [-0.25, -0.2) is 0 Å². The lowest BCUT2D eigenvalue weighted by Gasteiger charge is -2.14. The van der Waals surface area contributed by atoms with Crippen LogP contribution in [0.4, 0.5) is 0 Å². The van der Waals surface area contributed by atoms with Gasteiger partial charge < -0.3 is 10.5 Å². The van der Waals surface area contributed by atoms with Crippen molar-refractivity contribution in [3.63, 3.8) is 0 Å². The summed E-state index contributed by atoms with van der Waals surface area (Å²) >= 11 is 1.76. The second-order valence-electron chi connectivity index (χ2n) is 4.25. The SMILES string of the molecule is COc1ccsc1CN1CC(C)C(N)C1.Cl. The Kier molecular flexibility index (Phi) is 5.05. The molecule has 1 aromatic heterocycles. The van der Waals surface area contributed by atoms with Gasteiger partial charge in [-0.3, -0.25) is 4.90 Å². The van der Waals surface area contributed by atoms with E-state index in [0.717, 1.165) is 25.4 Å². The van der Waals surface area contributed by atoms with Crippen LogP contribution in [-0.4, -0.2) is 31.1 Å². The first-order valence-corrected chi connectivity index (χ1v) is 6.17. The molecule has 0 aliphatic carbocycles. The number of ether oxygens (including phenoxy) is 1. The van der Waals surface area contributed by atoms with Crippen molar-refractivity contribution in [1.29, 1.82) is 0 Å². The van der Waals surface area contributed by atoms with Gasteiger partial charge in [0.15, 0.2) is 0 Å². The Balaban J connectivity index is 0.00000128. The van der Waals surface area contributed by atoms with Crippen LogP contribution in [0.2, 0.25) is 0 Å². The first-order chi connectivity index (χ1) is 7.20. The Hall–Kier alpha value is -0.290. The molecule has 0 spiro atoms. The Morgan fingerprint density at radius 1 is 1.56 bits per heavy atom. The largest absolute Gasteiger partial charge is 0.496 e. The van der Waals surface area contributed by atoms with Crippen molar-refractivity contribution in [2.24, 2.45) is 11.7 Å². The summed E-state index contributed by atoms with van der Waals surface area (Å²) in [5.41, 5.74) is 6.00. The lowest BCUT2D eigenvalue weighted by Crippen LogP contribution is -2.28. The third-order valence-corrected chi connectivity index (χ3v) is 3.92. The highest BCUT2D eigenvalue weighted by molar-refractivity contribution is 7.10. The molecule has 16 heavy (non-hydrogen) atoms. The molecule has 2 rings (SSSR count). The zero-order valence-corrected chi connectivity index (χ0v) is 11.3. The maximum Gasteiger partial charge on any atom is 0.134 e. The van der Waals surface area contributed by atoms with Crippen LogP contribution in [0.15, 0.2) is 11.4 Å². The van der Waals surface area contributed by atoms with Crippen molar-refractivity contribution in [2.75, 3.05) is 20.2 Å². The van der Waals surface area contributed by atoms with E-state index in [2.05, 4.69) is 17.2 Å². The summed E-state index contributed by atoms with van der Waals surface area (Å²) in [6.45, 7) is 5.29. The first kappa shape index (κ1) is 13.8. The highest BCUT2D eigenvalue weighted by atomic mass is 35.5. The van der Waals surface area contributed by atoms with Gasteiger partial charge in [0, 0.05) is 25.7 Å². The van der Waals surface area contributed by atoms with E-state index in [1.165, 1.54) is 4.88 Å². The van der Waals surface area contributed by atoms with Crippen LogP contribution in [0.25, 0.3) is 0 Å². The van der Waals surface area contributed by atoms with Crippen molar-refractivity contribution in [2.45, 2.75) is 19.5 Å². The van der Waals surface area contributed by atoms with E-state index in [1.807, 2.05) is 6.07 Å². The van der Waals surface area contributed by atoms with Crippen LogP contribution in [-0.2, 0) is 6.54 Å². The molecular formula is C11H19ClN2OS. The number of rotatable bonds is 3. The predicted molar refractivity (Wildman–Crippen MR) is 70.5 cm³/mol. The Morgan fingerprint density at radius 2 is 2.31 bits per heavy atom. The number of thiophene rings is 1. The van der Waals surface area contributed by atoms with E-state index < -0.39 is 0 Å². The number of nitrogens with two attached hydrogens (primary N) is 1. The second kappa shape index (κ2) is 5.87. The highest BCUT2D eigenvalue weighted by Crippen LogP contribution is 2.27. The van der Waals surface area contributed by atoms with Gasteiger partial charge >= 0.3 is 0 Å². The maximum absolute atomic E-state index is 6.00. The standard InChI is InChI=1S/C11H18N2OS.ClH/c1-8-5-13(6-9(8)12)7-11-10(14-2)3-4-15-11;/h3-4,8-9H,5-7,12H2,1-2H3;1H. The van der Waals surface area contributed by atoms with Gasteiger partial charge in [-0.15, -0.1) is 23.7 Å². The van der Waals surface area contributed by atoms with Crippen LogP contribution in [0.5, 0.6) is 5.75 Å². The van der Waals surface area contributed by atoms with E-state index >= 15 is 0 Å². The molecule has 2 heterocycles. The minimum absolute atomic E-state index is 0. The van der Waals surface area contributed by atoms with Crippen molar-refractivity contribution in [1.82, 2.24) is 4.90 Å². The zero-order valence-electron chi connectivity index (χ0n) is 9.68. The fourth-order valence-corrected chi connectivity index (χ4v) is 2.93. The molecule has 2 unspecified atom stereocenters. The molecular weight excluding hydrogens is 244 g/mol. The summed E-state index contributed by atoms with van der Waals surface area (Å²) in [7, 11) is 1.73. The topological polar surface area (TPSA) is 38.5 Å². The van der Waals surface area contributed by atoms with Gasteiger partial charge in [0.25, 0.3) is 0 Å². The lowest BCUT2D eigenvalue weighted by molar-refractivity contribution is 0.314. The molecule has 2 atom stereocenters. The van der Waals surface area contributed by atoms with Crippen LogP contribution in [0.1, 0.15) is 11.8 Å². The maximum atomic E-state index is 6.00. The number of nitrogens with zero attached hydrogens (tertiary/aromatic N) is 1. The summed E-state index contributed by atoms with van der Waals surface area (Å²) < 4.78 is 5.30. The molecule has 5 heteroatoms. The quantitative estimate of drug-likeness (QED) is 0.905. The molecule has 92 valence electrons. The number of methoxy groups -OCH3 is 1. The van der Waals surface area contributed by atoms with Gasteiger partial charge in [0.2, 0.25) is 0 Å². The summed E-state index contributed by atoms with van der Waals surface area (Å²) in [5.74, 6) is 1.61. The molecule has 3 nitrogen and oxygen atoms in total. The summed E-state index contributed by atoms with van der Waals surface area (Å²) in [4.78, 5) is 3.71. The van der Waals surface area contributed by atoms with Crippen LogP contribution in [0, 0.1) is 5.92 Å². The van der Waals surface area contributed by atoms with E-state index in [0.29, 0.717) is 12.0 Å². The average molecular weight is 263 g/mol. The smallest absolute Gasteiger partial charge is 0.134 e. The Labute approximate surface area is 107 Å². The van der Waals surface area contributed by atoms with E-state index in [1.54, 1.807) is 18.4 Å². The molecule has 0 bridgehead atoms. The Bertz CT molecular complexity index is 322. The average Bonchev–Trinajstić information content (AvgIpc) is 2.75. The van der Waals surface area contributed by atoms with Crippen LogP contribution >= 0.6 is 23.7 Å². The molecule has 1 aliphatic rings. The molecule has 1 fully saturated rings. The fraction of sp³-hybridized carbons (Fsp3) is 0.636.